The van der Waals surface area contributed by atoms with Crippen molar-refractivity contribution in [2.45, 2.75) is 31.5 Å². The molecule has 1 aliphatic heterocycles. The number of halogens is 5. The van der Waals surface area contributed by atoms with E-state index >= 15 is 0 Å². The Balaban J connectivity index is 0.000000482. The highest BCUT2D eigenvalue weighted by atomic mass is 35.5. The average Bonchev–Trinajstić information content (AvgIpc) is 3.44. The molecule has 210 valence electrons. The molecule has 0 saturated heterocycles. The summed E-state index contributed by atoms with van der Waals surface area (Å²) >= 11 is 12.1. The van der Waals surface area contributed by atoms with Crippen LogP contribution < -0.4 is 10.7 Å². The Bertz CT molecular complexity index is 1360. The van der Waals surface area contributed by atoms with Crippen molar-refractivity contribution in [3.05, 3.63) is 117 Å². The second kappa shape index (κ2) is 14.1. The summed E-state index contributed by atoms with van der Waals surface area (Å²) in [6, 6.07) is 25.3. The van der Waals surface area contributed by atoms with Gasteiger partial charge >= 0.3 is 18.1 Å². The fraction of sp³-hybridized carbons (Fsp3) is 0.207. The molecule has 1 amide bonds. The number of esters is 1. The lowest BCUT2D eigenvalue weighted by Gasteiger charge is -2.25. The fourth-order valence-corrected chi connectivity index (χ4v) is 4.18. The van der Waals surface area contributed by atoms with Crippen molar-refractivity contribution in [3.8, 4) is 0 Å². The first-order chi connectivity index (χ1) is 19.0. The van der Waals surface area contributed by atoms with Gasteiger partial charge < -0.3 is 10.1 Å². The molecule has 1 heterocycles. The zero-order valence-electron chi connectivity index (χ0n) is 21.6. The number of alkyl halides is 3. The van der Waals surface area contributed by atoms with Gasteiger partial charge in [0.1, 0.15) is 5.71 Å². The van der Waals surface area contributed by atoms with Gasteiger partial charge in [-0.1, -0.05) is 82.9 Å². The summed E-state index contributed by atoms with van der Waals surface area (Å²) in [7, 11) is 0.676. The van der Waals surface area contributed by atoms with Crippen molar-refractivity contribution in [2.24, 2.45) is 5.10 Å². The number of amides is 1. The van der Waals surface area contributed by atoms with Crippen molar-refractivity contribution >= 4 is 40.8 Å². The van der Waals surface area contributed by atoms with E-state index in [9.17, 15) is 22.8 Å². The van der Waals surface area contributed by atoms with Crippen molar-refractivity contribution in [1.82, 2.24) is 5.32 Å². The predicted octanol–water partition coefficient (Wildman–Crippen LogP) is 5.41. The van der Waals surface area contributed by atoms with Crippen LogP contribution in [0, 0.1) is 0 Å². The molecule has 3 aromatic rings. The minimum atomic E-state index is -4.85. The molecule has 0 spiro atoms. The number of quaternary nitrogens is 1. The third-order valence-corrected chi connectivity index (χ3v) is 6.52. The van der Waals surface area contributed by atoms with Crippen LogP contribution in [-0.4, -0.2) is 36.9 Å². The number of ether oxygens (including phenoxy) is 1. The van der Waals surface area contributed by atoms with Gasteiger partial charge in [-0.2, -0.15) is 18.6 Å². The van der Waals surface area contributed by atoms with Gasteiger partial charge in [0.2, 0.25) is 5.70 Å². The molecule has 40 heavy (non-hydrogen) atoms. The van der Waals surface area contributed by atoms with Crippen LogP contribution in [-0.2, 0) is 20.7 Å². The van der Waals surface area contributed by atoms with Crippen LogP contribution in [0.2, 0.25) is 10.0 Å². The Kier molecular flexibility index (Phi) is 10.9. The van der Waals surface area contributed by atoms with Gasteiger partial charge in [0, 0.05) is 33.6 Å². The fourth-order valence-electron chi connectivity index (χ4n) is 3.93. The van der Waals surface area contributed by atoms with E-state index < -0.39 is 12.1 Å². The largest absolute Gasteiger partial charge is 0.490 e. The van der Waals surface area contributed by atoms with E-state index in [0.29, 0.717) is 22.9 Å². The zero-order chi connectivity index (χ0) is 29.3. The maximum atomic E-state index is 13.0. The molecule has 0 saturated carbocycles. The standard InChI is InChI=1S/C26H23Cl2N3O.C3H3F3O2/c1-17(29-26(32)25-16-24(30-31-25)20-5-3-2-4-6-20)23(19-9-13-22(28)14-10-19)15-18-7-11-21(27)12-8-18;1-8-2(7)3(4,5)6/h2-14,16-17,23H,15H2,1H3,(H,29,32)(H,30,31);1H3/p+1/t17?,23-;/m0./s1. The highest BCUT2D eigenvalue weighted by molar-refractivity contribution is 6.30. The monoisotopic (exact) mass is 592 g/mol. The first-order valence-electron chi connectivity index (χ1n) is 12.1. The lowest BCUT2D eigenvalue weighted by molar-refractivity contribution is -0.602. The van der Waals surface area contributed by atoms with E-state index in [2.05, 4.69) is 15.2 Å². The van der Waals surface area contributed by atoms with E-state index in [4.69, 9.17) is 23.2 Å². The summed E-state index contributed by atoms with van der Waals surface area (Å²) in [6.07, 6.45) is -2.27. The quantitative estimate of drug-likeness (QED) is 0.284. The number of rotatable bonds is 7. The number of nitrogens with one attached hydrogen (secondary N) is 1. The SMILES string of the molecule is CC(NC(=O)C1=CC(c2ccccc2)=N[NH2+]1)[C@H](Cc1ccc(Cl)cc1)c1ccc(Cl)cc1.COC(=O)C(F)(F)F. The molecule has 11 heteroatoms. The smallest absolute Gasteiger partial charge is 0.462 e. The number of methoxy groups -OCH3 is 1. The van der Waals surface area contributed by atoms with Gasteiger partial charge in [-0.05, 0) is 48.7 Å². The second-order valence-corrected chi connectivity index (χ2v) is 9.72. The minimum absolute atomic E-state index is 0.0638. The molecule has 0 fully saturated rings. The molecule has 3 aromatic carbocycles. The number of allylic oxidation sites excluding steroid dienone is 1. The number of nitrogens with two attached hydrogens (primary N) is 1. The van der Waals surface area contributed by atoms with Crippen LogP contribution in [0.15, 0.2) is 95.7 Å². The summed E-state index contributed by atoms with van der Waals surface area (Å²) < 4.78 is 36.3. The molecule has 0 bridgehead atoms. The Morgan fingerprint density at radius 1 is 0.950 bits per heavy atom. The summed E-state index contributed by atoms with van der Waals surface area (Å²) in [5.41, 5.74) is 6.22. The van der Waals surface area contributed by atoms with Gasteiger partial charge in [0.25, 0.3) is 0 Å². The molecular weight excluding hydrogens is 566 g/mol. The lowest BCUT2D eigenvalue weighted by Crippen LogP contribution is -2.77. The summed E-state index contributed by atoms with van der Waals surface area (Å²) in [5.74, 6) is -2.24. The van der Waals surface area contributed by atoms with Crippen molar-refractivity contribution in [2.75, 3.05) is 7.11 Å². The first-order valence-corrected chi connectivity index (χ1v) is 12.9. The van der Waals surface area contributed by atoms with Crippen molar-refractivity contribution in [3.63, 3.8) is 0 Å². The van der Waals surface area contributed by atoms with E-state index in [0.717, 1.165) is 28.8 Å². The number of carbonyl (C=O) groups excluding carboxylic acids is 2. The van der Waals surface area contributed by atoms with Crippen molar-refractivity contribution in [1.29, 1.82) is 0 Å². The molecule has 1 unspecified atom stereocenters. The van der Waals surface area contributed by atoms with E-state index in [1.165, 1.54) is 0 Å². The molecule has 1 aliphatic rings. The number of hydrogen-bond donors (Lipinski definition) is 2. The minimum Gasteiger partial charge on any atom is -0.462 e. The summed E-state index contributed by atoms with van der Waals surface area (Å²) in [5, 5.41) is 8.98. The number of benzene rings is 3. The van der Waals surface area contributed by atoms with Gasteiger partial charge in [-0.15, -0.1) is 0 Å². The average molecular weight is 593 g/mol. The van der Waals surface area contributed by atoms with Gasteiger partial charge in [-0.3, -0.25) is 4.79 Å². The van der Waals surface area contributed by atoms with Crippen molar-refractivity contribution < 1.29 is 32.9 Å². The summed E-state index contributed by atoms with van der Waals surface area (Å²) in [4.78, 5) is 22.5. The Hall–Kier alpha value is -3.66. The molecule has 3 N–H and O–H groups in total. The molecule has 0 aliphatic carbocycles. The lowest BCUT2D eigenvalue weighted by atomic mass is 9.86. The third-order valence-electron chi connectivity index (χ3n) is 6.01. The van der Waals surface area contributed by atoms with Gasteiger partial charge in [0.05, 0.1) is 7.11 Å². The Morgan fingerprint density at radius 3 is 2.05 bits per heavy atom. The van der Waals surface area contributed by atoms with E-state index in [1.807, 2.05) is 91.9 Å². The highest BCUT2D eigenvalue weighted by Crippen LogP contribution is 2.27. The molecule has 0 aromatic heterocycles. The maximum Gasteiger partial charge on any atom is 0.490 e. The topological polar surface area (TPSA) is 84.4 Å². The predicted molar refractivity (Wildman–Crippen MR) is 148 cm³/mol. The maximum absolute atomic E-state index is 13.0. The molecule has 2 atom stereocenters. The number of nitrogens with zero attached hydrogens (tertiary/aromatic N) is 1. The van der Waals surface area contributed by atoms with Crippen LogP contribution in [0.4, 0.5) is 13.2 Å². The second-order valence-electron chi connectivity index (χ2n) is 8.85. The third kappa shape index (κ3) is 8.94. The van der Waals surface area contributed by atoms with Gasteiger partial charge in [-0.25, -0.2) is 4.79 Å². The number of carbonyl (C=O) groups is 2. The number of hydrogen-bond acceptors (Lipinski definition) is 4. The molecule has 4 rings (SSSR count). The zero-order valence-corrected chi connectivity index (χ0v) is 23.1. The summed E-state index contributed by atoms with van der Waals surface area (Å²) in [6.45, 7) is 2.03. The highest BCUT2D eigenvalue weighted by Gasteiger charge is 2.40. The Labute approximate surface area is 239 Å². The normalized spacial score (nSPS) is 14.2. The molecular formula is C29H27Cl2F3N3O3+. The van der Waals surface area contributed by atoms with Gasteiger partial charge in [0.15, 0.2) is 0 Å². The van der Waals surface area contributed by atoms with Crippen LogP contribution in [0.3, 0.4) is 0 Å². The van der Waals surface area contributed by atoms with E-state index in [1.54, 1.807) is 5.43 Å². The van der Waals surface area contributed by atoms with Crippen LogP contribution in [0.5, 0.6) is 0 Å². The Morgan fingerprint density at radius 2 is 1.52 bits per heavy atom. The van der Waals surface area contributed by atoms with Crippen LogP contribution in [0.1, 0.15) is 29.5 Å². The molecule has 6 nitrogen and oxygen atoms in total. The van der Waals surface area contributed by atoms with Crippen LogP contribution in [0.25, 0.3) is 0 Å². The molecule has 0 radical (unpaired) electrons. The van der Waals surface area contributed by atoms with E-state index in [-0.39, 0.29) is 17.9 Å². The first kappa shape index (κ1) is 30.9. The van der Waals surface area contributed by atoms with Crippen LogP contribution >= 0.6 is 23.2 Å².